The Morgan fingerprint density at radius 3 is 2.92 bits per heavy atom. The van der Waals surface area contributed by atoms with Gasteiger partial charge in [-0.05, 0) is 29.8 Å². The van der Waals surface area contributed by atoms with E-state index < -0.39 is 5.60 Å². The first-order valence-electron chi connectivity index (χ1n) is 7.93. The molecule has 0 saturated carbocycles. The van der Waals surface area contributed by atoms with Crippen molar-refractivity contribution in [2.75, 3.05) is 32.9 Å². The van der Waals surface area contributed by atoms with E-state index in [1.807, 2.05) is 12.1 Å². The van der Waals surface area contributed by atoms with Crippen LogP contribution >= 0.6 is 0 Å². The number of hydrogen-bond acceptors (Lipinski definition) is 5. The molecule has 5 nitrogen and oxygen atoms in total. The maximum Gasteiger partial charge on any atom is 0.134 e. The van der Waals surface area contributed by atoms with E-state index in [0.717, 1.165) is 12.1 Å². The van der Waals surface area contributed by atoms with E-state index in [0.29, 0.717) is 25.4 Å². The molecule has 1 aliphatic heterocycles. The molecule has 0 radical (unpaired) electrons. The van der Waals surface area contributed by atoms with E-state index in [-0.39, 0.29) is 19.0 Å². The lowest BCUT2D eigenvalue weighted by molar-refractivity contribution is -0.0647. The molecule has 1 saturated heterocycles. The number of nitrogens with zero attached hydrogens (tertiary/aromatic N) is 2. The molecule has 2 aromatic rings. The molecule has 1 N–H and O–H groups in total. The molecule has 3 rings (SSSR count). The van der Waals surface area contributed by atoms with Crippen LogP contribution in [0.25, 0.3) is 0 Å². The van der Waals surface area contributed by atoms with Crippen molar-refractivity contribution in [1.82, 2.24) is 9.88 Å². The lowest BCUT2D eigenvalue weighted by Gasteiger charge is -2.30. The van der Waals surface area contributed by atoms with E-state index in [1.54, 1.807) is 24.5 Å². The molecule has 1 aliphatic rings. The number of ether oxygens (including phenoxy) is 2. The van der Waals surface area contributed by atoms with Crippen molar-refractivity contribution in [2.24, 2.45) is 0 Å². The van der Waals surface area contributed by atoms with Crippen LogP contribution in [0.4, 0.5) is 4.39 Å². The van der Waals surface area contributed by atoms with Gasteiger partial charge in [-0.15, -0.1) is 0 Å². The first-order chi connectivity index (χ1) is 11.6. The molecule has 0 amide bonds. The Morgan fingerprint density at radius 2 is 2.12 bits per heavy atom. The normalized spacial score (nSPS) is 22.1. The summed E-state index contributed by atoms with van der Waals surface area (Å²) in [5, 5.41) is 10.8. The largest absolute Gasteiger partial charge is 0.490 e. The van der Waals surface area contributed by atoms with Gasteiger partial charge in [0.25, 0.3) is 0 Å². The quantitative estimate of drug-likeness (QED) is 0.906. The van der Waals surface area contributed by atoms with Gasteiger partial charge in [0.15, 0.2) is 0 Å². The van der Waals surface area contributed by atoms with Crippen LogP contribution in [-0.2, 0) is 11.3 Å². The summed E-state index contributed by atoms with van der Waals surface area (Å²) in [6.45, 7) is 2.63. The molecule has 2 heterocycles. The lowest BCUT2D eigenvalue weighted by Crippen LogP contribution is -2.48. The van der Waals surface area contributed by atoms with E-state index in [2.05, 4.69) is 9.88 Å². The monoisotopic (exact) mass is 332 g/mol. The minimum Gasteiger partial charge on any atom is -0.490 e. The van der Waals surface area contributed by atoms with Crippen LogP contribution in [-0.4, -0.2) is 53.5 Å². The summed E-state index contributed by atoms with van der Waals surface area (Å²) in [5.74, 6) is 0.0317. The number of aromatic nitrogens is 1. The Kier molecular flexibility index (Phi) is 5.40. The molecule has 0 spiro atoms. The first kappa shape index (κ1) is 16.8. The number of rotatable bonds is 5. The summed E-state index contributed by atoms with van der Waals surface area (Å²) in [6, 6.07) is 9.80. The highest BCUT2D eigenvalue weighted by atomic mass is 19.1. The third-order valence-electron chi connectivity index (χ3n) is 3.90. The van der Waals surface area contributed by atoms with Gasteiger partial charge in [-0.3, -0.25) is 9.88 Å². The average Bonchev–Trinajstić information content (AvgIpc) is 2.76. The van der Waals surface area contributed by atoms with Crippen LogP contribution < -0.4 is 4.74 Å². The van der Waals surface area contributed by atoms with Crippen LogP contribution in [0.15, 0.2) is 48.8 Å². The highest BCUT2D eigenvalue weighted by Crippen LogP contribution is 2.18. The van der Waals surface area contributed by atoms with Crippen LogP contribution in [0.3, 0.4) is 0 Å². The summed E-state index contributed by atoms with van der Waals surface area (Å²) >= 11 is 0. The van der Waals surface area contributed by atoms with Crippen LogP contribution in [0.2, 0.25) is 0 Å². The standard InChI is InChI=1S/C18H21FN2O3/c19-16-2-1-3-17(10-16)24-14-18(22)12-21(8-9-23-13-18)11-15-4-6-20-7-5-15/h1-7,10,22H,8-9,11-14H2. The zero-order chi connectivity index (χ0) is 16.8. The predicted molar refractivity (Wildman–Crippen MR) is 87.2 cm³/mol. The minimum atomic E-state index is -1.14. The fourth-order valence-corrected chi connectivity index (χ4v) is 2.74. The molecule has 1 aromatic heterocycles. The van der Waals surface area contributed by atoms with Gasteiger partial charge in [0.2, 0.25) is 0 Å². The van der Waals surface area contributed by atoms with Gasteiger partial charge < -0.3 is 14.6 Å². The second-order valence-electron chi connectivity index (χ2n) is 6.09. The highest BCUT2D eigenvalue weighted by molar-refractivity contribution is 5.22. The Bertz CT molecular complexity index is 656. The van der Waals surface area contributed by atoms with Gasteiger partial charge in [-0.25, -0.2) is 4.39 Å². The van der Waals surface area contributed by atoms with Crippen molar-refractivity contribution < 1.29 is 19.0 Å². The fraction of sp³-hybridized carbons (Fsp3) is 0.389. The molecule has 1 aromatic carbocycles. The topological polar surface area (TPSA) is 54.8 Å². The van der Waals surface area contributed by atoms with E-state index in [9.17, 15) is 9.50 Å². The number of hydrogen-bond donors (Lipinski definition) is 1. The van der Waals surface area contributed by atoms with Gasteiger partial charge in [0, 0.05) is 38.1 Å². The fourth-order valence-electron chi connectivity index (χ4n) is 2.74. The Hall–Kier alpha value is -2.02. The summed E-state index contributed by atoms with van der Waals surface area (Å²) in [7, 11) is 0. The maximum absolute atomic E-state index is 13.2. The average molecular weight is 332 g/mol. The molecule has 0 aliphatic carbocycles. The van der Waals surface area contributed by atoms with E-state index in [4.69, 9.17) is 9.47 Å². The van der Waals surface area contributed by atoms with Gasteiger partial charge in [-0.2, -0.15) is 0 Å². The molecule has 1 unspecified atom stereocenters. The lowest BCUT2D eigenvalue weighted by atomic mass is 10.1. The SMILES string of the molecule is OC1(COc2cccc(F)c2)COCCN(Cc2ccncc2)C1. The van der Waals surface area contributed by atoms with Crippen molar-refractivity contribution in [2.45, 2.75) is 12.1 Å². The summed E-state index contributed by atoms with van der Waals surface area (Å²) in [6.07, 6.45) is 3.51. The Morgan fingerprint density at radius 1 is 1.29 bits per heavy atom. The molecule has 0 bridgehead atoms. The van der Waals surface area contributed by atoms with Crippen LogP contribution in [0.5, 0.6) is 5.75 Å². The molecule has 128 valence electrons. The number of benzene rings is 1. The minimum absolute atomic E-state index is 0.0449. The Balaban J connectivity index is 1.62. The maximum atomic E-state index is 13.2. The summed E-state index contributed by atoms with van der Waals surface area (Å²) in [4.78, 5) is 6.13. The predicted octanol–water partition coefficient (Wildman–Crippen LogP) is 1.86. The van der Waals surface area contributed by atoms with Crippen LogP contribution in [0, 0.1) is 5.82 Å². The third-order valence-corrected chi connectivity index (χ3v) is 3.90. The summed E-state index contributed by atoms with van der Waals surface area (Å²) in [5.41, 5.74) is -0.0177. The Labute approximate surface area is 140 Å². The molecule has 24 heavy (non-hydrogen) atoms. The molecule has 6 heteroatoms. The van der Waals surface area contributed by atoms with Gasteiger partial charge >= 0.3 is 0 Å². The molecular weight excluding hydrogens is 311 g/mol. The van der Waals surface area contributed by atoms with Gasteiger partial charge in [0.1, 0.15) is 23.8 Å². The highest BCUT2D eigenvalue weighted by Gasteiger charge is 2.33. The summed E-state index contributed by atoms with van der Waals surface area (Å²) < 4.78 is 24.3. The second-order valence-corrected chi connectivity index (χ2v) is 6.09. The third kappa shape index (κ3) is 4.74. The first-order valence-corrected chi connectivity index (χ1v) is 7.93. The molecule has 1 atom stereocenters. The number of aliphatic hydroxyl groups is 1. The van der Waals surface area contributed by atoms with Crippen molar-refractivity contribution in [3.63, 3.8) is 0 Å². The van der Waals surface area contributed by atoms with E-state index >= 15 is 0 Å². The number of halogens is 1. The van der Waals surface area contributed by atoms with Crippen molar-refractivity contribution in [1.29, 1.82) is 0 Å². The van der Waals surface area contributed by atoms with Crippen molar-refractivity contribution in [3.05, 3.63) is 60.2 Å². The second kappa shape index (κ2) is 7.70. The molecule has 1 fully saturated rings. The van der Waals surface area contributed by atoms with E-state index in [1.165, 1.54) is 12.1 Å². The molecular formula is C18H21FN2O3. The van der Waals surface area contributed by atoms with Crippen molar-refractivity contribution in [3.8, 4) is 5.75 Å². The zero-order valence-electron chi connectivity index (χ0n) is 13.4. The van der Waals surface area contributed by atoms with Gasteiger partial charge in [-0.1, -0.05) is 6.07 Å². The van der Waals surface area contributed by atoms with Crippen LogP contribution in [0.1, 0.15) is 5.56 Å². The smallest absolute Gasteiger partial charge is 0.134 e. The van der Waals surface area contributed by atoms with Crippen molar-refractivity contribution >= 4 is 0 Å². The number of pyridine rings is 1. The number of β-amino-alcohol motifs (C(OH)–C–C–N with tert-alkyl or cyclic N) is 1. The zero-order valence-corrected chi connectivity index (χ0v) is 13.4. The van der Waals surface area contributed by atoms with Gasteiger partial charge in [0.05, 0.1) is 13.2 Å².